The summed E-state index contributed by atoms with van der Waals surface area (Å²) in [5, 5.41) is 0. The Morgan fingerprint density at radius 1 is 1.00 bits per heavy atom. The van der Waals surface area contributed by atoms with Crippen LogP contribution in [0.4, 0.5) is 0 Å². The van der Waals surface area contributed by atoms with Crippen LogP contribution in [0.1, 0.15) is 16.7 Å². The van der Waals surface area contributed by atoms with E-state index in [-0.39, 0.29) is 5.70 Å². The van der Waals surface area contributed by atoms with Crippen molar-refractivity contribution in [1.82, 2.24) is 0 Å². The lowest BCUT2D eigenvalue weighted by Crippen LogP contribution is -2.05. The van der Waals surface area contributed by atoms with E-state index in [0.717, 1.165) is 30.5 Å². The molecule has 150 valence electrons. The normalized spacial score (nSPS) is 14.6. The summed E-state index contributed by atoms with van der Waals surface area (Å²) in [5.74, 6) is 0.609. The number of nitrogens with zero attached hydrogens (tertiary/aromatic N) is 1. The average molecular weight is 686 g/mol. The van der Waals surface area contributed by atoms with Crippen molar-refractivity contribution in [2.45, 2.75) is 6.61 Å². The van der Waals surface area contributed by atoms with Crippen LogP contribution in [0.25, 0.3) is 6.08 Å². The van der Waals surface area contributed by atoms with Crippen molar-refractivity contribution in [1.29, 1.82) is 0 Å². The molecule has 0 fully saturated rings. The van der Waals surface area contributed by atoms with Crippen molar-refractivity contribution in [3.05, 3.63) is 101 Å². The zero-order chi connectivity index (χ0) is 21.1. The van der Waals surface area contributed by atoms with E-state index in [9.17, 15) is 4.79 Å². The van der Waals surface area contributed by atoms with Gasteiger partial charge in [0.1, 0.15) is 12.4 Å². The van der Waals surface area contributed by atoms with Gasteiger partial charge in [0.2, 0.25) is 5.90 Å². The molecule has 1 heterocycles. The van der Waals surface area contributed by atoms with Gasteiger partial charge in [-0.3, -0.25) is 0 Å². The van der Waals surface area contributed by atoms with Gasteiger partial charge in [-0.15, -0.1) is 0 Å². The van der Waals surface area contributed by atoms with E-state index in [0.29, 0.717) is 12.5 Å². The highest BCUT2D eigenvalue weighted by molar-refractivity contribution is 14.1. The highest BCUT2D eigenvalue weighted by Gasteiger charge is 2.24. The van der Waals surface area contributed by atoms with Crippen LogP contribution in [0.15, 0.2) is 81.9 Å². The van der Waals surface area contributed by atoms with Gasteiger partial charge in [0.15, 0.2) is 5.70 Å². The van der Waals surface area contributed by atoms with Crippen molar-refractivity contribution in [2.24, 2.45) is 4.99 Å². The fraction of sp³-hybridized carbons (Fsp3) is 0.0435. The molecule has 30 heavy (non-hydrogen) atoms. The van der Waals surface area contributed by atoms with Crippen LogP contribution in [-0.4, -0.2) is 11.9 Å². The Morgan fingerprint density at radius 3 is 2.50 bits per heavy atom. The maximum Gasteiger partial charge on any atom is 0.363 e. The number of carbonyl (C=O) groups is 1. The van der Waals surface area contributed by atoms with Crippen molar-refractivity contribution in [3.63, 3.8) is 0 Å². The van der Waals surface area contributed by atoms with Gasteiger partial charge in [-0.05, 0) is 109 Å². The molecule has 0 spiro atoms. The summed E-state index contributed by atoms with van der Waals surface area (Å²) < 4.78 is 14.4. The molecule has 0 aliphatic carbocycles. The molecule has 0 atom stereocenters. The van der Waals surface area contributed by atoms with Crippen LogP contribution in [0, 0.1) is 7.14 Å². The molecule has 0 aromatic heterocycles. The van der Waals surface area contributed by atoms with Gasteiger partial charge in [0.25, 0.3) is 0 Å². The van der Waals surface area contributed by atoms with Gasteiger partial charge >= 0.3 is 5.97 Å². The predicted octanol–water partition coefficient (Wildman–Crippen LogP) is 6.58. The molecule has 0 saturated carbocycles. The highest BCUT2D eigenvalue weighted by atomic mass is 127. The first-order chi connectivity index (χ1) is 14.5. The van der Waals surface area contributed by atoms with Gasteiger partial charge in [-0.25, -0.2) is 9.79 Å². The molecule has 4 rings (SSSR count). The molecule has 0 bridgehead atoms. The van der Waals surface area contributed by atoms with Crippen LogP contribution in [0.2, 0.25) is 0 Å². The highest BCUT2D eigenvalue weighted by Crippen LogP contribution is 2.25. The Hall–Kier alpha value is -1.72. The number of rotatable bonds is 5. The number of benzene rings is 3. The quantitative estimate of drug-likeness (QED) is 0.173. The summed E-state index contributed by atoms with van der Waals surface area (Å²) in [6.45, 7) is 0.505. The fourth-order valence-corrected chi connectivity index (χ4v) is 4.01. The SMILES string of the molecule is O=C1OC(c2ccc(I)c(Br)c2)=N/C1=C\c1ccc(OCc2ccccc2I)cc1. The molecule has 0 N–H and O–H groups in total. The third-order valence-corrected chi connectivity index (χ3v) is 7.71. The molecule has 3 aromatic rings. The Bertz CT molecular complexity index is 1170. The average Bonchev–Trinajstić information content (AvgIpc) is 3.11. The maximum atomic E-state index is 12.2. The van der Waals surface area contributed by atoms with E-state index < -0.39 is 5.97 Å². The van der Waals surface area contributed by atoms with E-state index in [2.05, 4.69) is 72.2 Å². The van der Waals surface area contributed by atoms with E-state index in [1.807, 2.05) is 60.7 Å². The van der Waals surface area contributed by atoms with E-state index in [1.54, 1.807) is 6.08 Å². The van der Waals surface area contributed by atoms with Crippen LogP contribution in [-0.2, 0) is 16.1 Å². The van der Waals surface area contributed by atoms with Gasteiger partial charge in [0.05, 0.1) is 0 Å². The van der Waals surface area contributed by atoms with E-state index >= 15 is 0 Å². The lowest BCUT2D eigenvalue weighted by Gasteiger charge is -2.08. The third-order valence-electron chi connectivity index (χ3n) is 4.32. The smallest absolute Gasteiger partial charge is 0.363 e. The Morgan fingerprint density at radius 2 is 1.77 bits per heavy atom. The zero-order valence-corrected chi connectivity index (χ0v) is 21.3. The molecule has 0 radical (unpaired) electrons. The summed E-state index contributed by atoms with van der Waals surface area (Å²) in [5.41, 5.74) is 3.00. The Kier molecular flexibility index (Phi) is 6.89. The molecule has 0 unspecified atom stereocenters. The van der Waals surface area contributed by atoms with Crippen LogP contribution < -0.4 is 4.74 Å². The summed E-state index contributed by atoms with van der Waals surface area (Å²) in [7, 11) is 0. The molecule has 0 amide bonds. The van der Waals surface area contributed by atoms with Crippen LogP contribution >= 0.6 is 61.1 Å². The maximum absolute atomic E-state index is 12.2. The fourth-order valence-electron chi connectivity index (χ4n) is 2.76. The molecule has 0 saturated heterocycles. The number of aliphatic imine (C=N–C) groups is 1. The molecule has 3 aromatic carbocycles. The zero-order valence-electron chi connectivity index (χ0n) is 15.4. The van der Waals surface area contributed by atoms with Crippen molar-refractivity contribution in [2.75, 3.05) is 0 Å². The van der Waals surface area contributed by atoms with Gasteiger partial charge < -0.3 is 9.47 Å². The molecular formula is C23H14BrI2NO3. The first-order valence-electron chi connectivity index (χ1n) is 8.94. The monoisotopic (exact) mass is 685 g/mol. The number of halogens is 3. The van der Waals surface area contributed by atoms with Gasteiger partial charge in [0, 0.05) is 22.7 Å². The minimum atomic E-state index is -0.460. The summed E-state index contributed by atoms with van der Waals surface area (Å²) in [6, 6.07) is 21.3. The lowest BCUT2D eigenvalue weighted by atomic mass is 10.2. The number of cyclic esters (lactones) is 1. The first-order valence-corrected chi connectivity index (χ1v) is 11.9. The summed E-state index contributed by atoms with van der Waals surface area (Å²) in [4.78, 5) is 16.6. The molecule has 4 nitrogen and oxygen atoms in total. The second-order valence-corrected chi connectivity index (χ2v) is 9.59. The molecule has 1 aliphatic heterocycles. The second-order valence-electron chi connectivity index (χ2n) is 6.41. The Balaban J connectivity index is 1.47. The number of hydrogen-bond acceptors (Lipinski definition) is 4. The van der Waals surface area contributed by atoms with Gasteiger partial charge in [-0.1, -0.05) is 30.3 Å². The minimum absolute atomic E-state index is 0.271. The second kappa shape index (κ2) is 9.61. The third kappa shape index (κ3) is 5.12. The minimum Gasteiger partial charge on any atom is -0.489 e. The number of carbonyl (C=O) groups excluding carboxylic acids is 1. The first kappa shape index (κ1) is 21.5. The molecule has 7 heteroatoms. The van der Waals surface area contributed by atoms with Crippen molar-refractivity contribution >= 4 is 79.1 Å². The van der Waals surface area contributed by atoms with Gasteiger partial charge in [-0.2, -0.15) is 0 Å². The van der Waals surface area contributed by atoms with Crippen LogP contribution in [0.3, 0.4) is 0 Å². The standard InChI is InChI=1S/C23H14BrI2NO3/c24-18-12-15(7-10-20(18)26)22-27-21(23(28)30-22)11-14-5-8-17(9-6-14)29-13-16-3-1-2-4-19(16)25/h1-12H,13H2/b21-11-. The van der Waals surface area contributed by atoms with E-state index in [1.165, 1.54) is 3.57 Å². The molecular weight excluding hydrogens is 672 g/mol. The summed E-state index contributed by atoms with van der Waals surface area (Å²) >= 11 is 8.01. The van der Waals surface area contributed by atoms with Crippen molar-refractivity contribution in [3.8, 4) is 5.75 Å². The topological polar surface area (TPSA) is 47.9 Å². The number of esters is 1. The lowest BCUT2D eigenvalue weighted by molar-refractivity contribution is -0.129. The van der Waals surface area contributed by atoms with Crippen molar-refractivity contribution < 1.29 is 14.3 Å². The molecule has 1 aliphatic rings. The number of hydrogen-bond donors (Lipinski definition) is 0. The Labute approximate surface area is 209 Å². The largest absolute Gasteiger partial charge is 0.489 e. The summed E-state index contributed by atoms with van der Waals surface area (Å²) in [6.07, 6.45) is 1.71. The van der Waals surface area contributed by atoms with E-state index in [4.69, 9.17) is 9.47 Å². The predicted molar refractivity (Wildman–Crippen MR) is 137 cm³/mol. The van der Waals surface area contributed by atoms with Crippen LogP contribution in [0.5, 0.6) is 5.75 Å². The number of ether oxygens (including phenoxy) is 2.